The molecule has 0 saturated carbocycles. The van der Waals surface area contributed by atoms with Crippen molar-refractivity contribution in [2.75, 3.05) is 0 Å². The van der Waals surface area contributed by atoms with Crippen molar-refractivity contribution >= 4 is 17.7 Å². The van der Waals surface area contributed by atoms with Gasteiger partial charge in [0.25, 0.3) is 5.56 Å². The van der Waals surface area contributed by atoms with Gasteiger partial charge in [0.1, 0.15) is 5.03 Å². The zero-order chi connectivity index (χ0) is 13.8. The number of rotatable bonds is 4. The predicted molar refractivity (Wildman–Crippen MR) is 68.4 cm³/mol. The van der Waals surface area contributed by atoms with Gasteiger partial charge in [-0.25, -0.2) is 14.6 Å². The van der Waals surface area contributed by atoms with Crippen LogP contribution in [-0.4, -0.2) is 26.0 Å². The summed E-state index contributed by atoms with van der Waals surface area (Å²) in [6, 6.07) is 4.22. The number of carboxylic acids is 1. The fourth-order valence-corrected chi connectivity index (χ4v) is 2.31. The van der Waals surface area contributed by atoms with Crippen LogP contribution < -0.4 is 11.2 Å². The van der Waals surface area contributed by atoms with Crippen LogP contribution in [0.15, 0.2) is 39.0 Å². The lowest BCUT2D eigenvalue weighted by molar-refractivity contribution is 0.0692. The summed E-state index contributed by atoms with van der Waals surface area (Å²) in [5.41, 5.74) is -0.609. The first-order chi connectivity index (χ1) is 9.06. The smallest absolute Gasteiger partial charge is 0.338 e. The highest BCUT2D eigenvalue weighted by Crippen LogP contribution is 2.22. The Hall–Kier alpha value is -2.35. The van der Waals surface area contributed by atoms with Crippen molar-refractivity contribution in [2.24, 2.45) is 0 Å². The highest BCUT2D eigenvalue weighted by atomic mass is 32.2. The maximum absolute atomic E-state index is 11.1. The Bertz CT molecular complexity index is 694. The van der Waals surface area contributed by atoms with Crippen LogP contribution in [0.2, 0.25) is 0 Å². The number of nitrogens with one attached hydrogen (secondary N) is 2. The summed E-state index contributed by atoms with van der Waals surface area (Å²) in [7, 11) is 0. The molecule has 2 aromatic heterocycles. The van der Waals surface area contributed by atoms with Crippen LogP contribution in [0.5, 0.6) is 0 Å². The van der Waals surface area contributed by atoms with Gasteiger partial charge in [-0.15, -0.1) is 0 Å². The van der Waals surface area contributed by atoms with Crippen LogP contribution in [-0.2, 0) is 5.75 Å². The highest BCUT2D eigenvalue weighted by molar-refractivity contribution is 7.98. The average Bonchev–Trinajstić information content (AvgIpc) is 2.35. The van der Waals surface area contributed by atoms with E-state index in [9.17, 15) is 14.4 Å². The summed E-state index contributed by atoms with van der Waals surface area (Å²) in [6.45, 7) is 0. The van der Waals surface area contributed by atoms with E-state index in [0.717, 1.165) is 11.8 Å². The van der Waals surface area contributed by atoms with Crippen molar-refractivity contribution < 1.29 is 9.90 Å². The molecule has 0 bridgehead atoms. The number of nitrogens with zero attached hydrogens (tertiary/aromatic N) is 1. The van der Waals surface area contributed by atoms with Gasteiger partial charge < -0.3 is 10.1 Å². The lowest BCUT2D eigenvalue weighted by Gasteiger charge is -2.03. The fraction of sp³-hybridized carbons (Fsp3) is 0.0909. The summed E-state index contributed by atoms with van der Waals surface area (Å²) in [5, 5.41) is 9.31. The van der Waals surface area contributed by atoms with E-state index in [4.69, 9.17) is 5.11 Å². The maximum Gasteiger partial charge on any atom is 0.338 e. The predicted octanol–water partition coefficient (Wildman–Crippen LogP) is 0.449. The molecule has 0 fully saturated rings. The zero-order valence-electron chi connectivity index (χ0n) is 9.54. The third kappa shape index (κ3) is 3.32. The number of hydrogen-bond acceptors (Lipinski definition) is 5. The Morgan fingerprint density at radius 2 is 2.16 bits per heavy atom. The Balaban J connectivity index is 2.21. The number of pyridine rings is 1. The summed E-state index contributed by atoms with van der Waals surface area (Å²) in [6.07, 6.45) is 1.48. The van der Waals surface area contributed by atoms with Gasteiger partial charge in [-0.1, -0.05) is 11.8 Å². The number of carbonyl (C=O) groups is 1. The van der Waals surface area contributed by atoms with Gasteiger partial charge >= 0.3 is 11.7 Å². The second kappa shape index (κ2) is 5.53. The van der Waals surface area contributed by atoms with Crippen molar-refractivity contribution in [2.45, 2.75) is 10.8 Å². The number of thioether (sulfide) groups is 1. The van der Waals surface area contributed by atoms with Crippen LogP contribution in [0, 0.1) is 0 Å². The van der Waals surface area contributed by atoms with Crippen molar-refractivity contribution in [3.05, 3.63) is 56.5 Å². The van der Waals surface area contributed by atoms with Gasteiger partial charge in [0, 0.05) is 23.7 Å². The molecule has 0 aromatic carbocycles. The standard InChI is InChI=1S/C11H9N3O4S/c15-8-4-6(13-11(18)14-8)5-19-9-7(10(16)17)2-1-3-12-9/h1-4H,5H2,(H,16,17)(H2,13,14,15,18). The van der Waals surface area contributed by atoms with E-state index in [0.29, 0.717) is 10.7 Å². The second-order valence-electron chi connectivity index (χ2n) is 3.56. The molecule has 0 spiro atoms. The molecular weight excluding hydrogens is 270 g/mol. The first kappa shape index (κ1) is 13.1. The minimum absolute atomic E-state index is 0.0830. The fourth-order valence-electron chi connectivity index (χ4n) is 1.41. The number of H-pyrrole nitrogens is 2. The summed E-state index contributed by atoms with van der Waals surface area (Å²) in [5.74, 6) is -0.828. The molecule has 98 valence electrons. The molecule has 0 saturated heterocycles. The van der Waals surface area contributed by atoms with E-state index in [1.54, 1.807) is 0 Å². The molecule has 0 aliphatic carbocycles. The monoisotopic (exact) mass is 279 g/mol. The molecule has 0 atom stereocenters. The first-order valence-corrected chi connectivity index (χ1v) is 6.18. The quantitative estimate of drug-likeness (QED) is 0.700. The lowest BCUT2D eigenvalue weighted by atomic mass is 10.3. The maximum atomic E-state index is 11.1. The van der Waals surface area contributed by atoms with E-state index in [-0.39, 0.29) is 11.3 Å². The van der Waals surface area contributed by atoms with Crippen LogP contribution in [0.25, 0.3) is 0 Å². The van der Waals surface area contributed by atoms with Crippen LogP contribution in [0.1, 0.15) is 16.1 Å². The van der Waals surface area contributed by atoms with E-state index in [1.807, 2.05) is 0 Å². The highest BCUT2D eigenvalue weighted by Gasteiger charge is 2.11. The molecule has 0 radical (unpaired) electrons. The third-order valence-electron chi connectivity index (χ3n) is 2.18. The SMILES string of the molecule is O=C(O)c1cccnc1SCc1cc(=O)[nH]c(=O)[nH]1. The molecule has 2 heterocycles. The zero-order valence-corrected chi connectivity index (χ0v) is 10.4. The minimum Gasteiger partial charge on any atom is -0.478 e. The largest absolute Gasteiger partial charge is 0.478 e. The molecule has 2 rings (SSSR count). The number of hydrogen-bond donors (Lipinski definition) is 3. The molecular formula is C11H9N3O4S. The molecule has 8 heteroatoms. The first-order valence-electron chi connectivity index (χ1n) is 5.20. The van der Waals surface area contributed by atoms with Crippen molar-refractivity contribution in [1.82, 2.24) is 15.0 Å². The molecule has 0 unspecified atom stereocenters. The van der Waals surface area contributed by atoms with Gasteiger partial charge in [0.05, 0.1) is 5.56 Å². The van der Waals surface area contributed by atoms with E-state index in [2.05, 4.69) is 15.0 Å². The van der Waals surface area contributed by atoms with E-state index in [1.165, 1.54) is 24.4 Å². The number of carboxylic acid groups (broad SMARTS) is 1. The molecule has 0 amide bonds. The molecule has 0 aliphatic heterocycles. The molecule has 0 aliphatic rings. The Morgan fingerprint density at radius 3 is 2.84 bits per heavy atom. The molecule has 7 nitrogen and oxygen atoms in total. The summed E-state index contributed by atoms with van der Waals surface area (Å²) in [4.78, 5) is 41.6. The molecule has 3 N–H and O–H groups in total. The van der Waals surface area contributed by atoms with Crippen LogP contribution >= 0.6 is 11.8 Å². The minimum atomic E-state index is -1.07. The number of aromatic carboxylic acids is 1. The van der Waals surface area contributed by atoms with E-state index >= 15 is 0 Å². The normalized spacial score (nSPS) is 10.3. The summed E-state index contributed by atoms with van der Waals surface area (Å²) >= 11 is 1.13. The average molecular weight is 279 g/mol. The van der Waals surface area contributed by atoms with Gasteiger partial charge in [0.2, 0.25) is 0 Å². The van der Waals surface area contributed by atoms with Gasteiger partial charge in [-0.2, -0.15) is 0 Å². The lowest BCUT2D eigenvalue weighted by Crippen LogP contribution is -2.22. The number of aromatic nitrogens is 3. The van der Waals surface area contributed by atoms with Crippen molar-refractivity contribution in [1.29, 1.82) is 0 Å². The van der Waals surface area contributed by atoms with Crippen molar-refractivity contribution in [3.63, 3.8) is 0 Å². The van der Waals surface area contributed by atoms with Crippen molar-refractivity contribution in [3.8, 4) is 0 Å². The molecule has 19 heavy (non-hydrogen) atoms. The van der Waals surface area contributed by atoms with Gasteiger partial charge in [-0.3, -0.25) is 9.78 Å². The number of aromatic amines is 2. The van der Waals surface area contributed by atoms with Gasteiger partial charge in [0.15, 0.2) is 0 Å². The Morgan fingerprint density at radius 1 is 1.37 bits per heavy atom. The second-order valence-corrected chi connectivity index (χ2v) is 4.53. The third-order valence-corrected chi connectivity index (χ3v) is 3.24. The van der Waals surface area contributed by atoms with Crippen LogP contribution in [0.4, 0.5) is 0 Å². The van der Waals surface area contributed by atoms with E-state index < -0.39 is 17.2 Å². The Labute approximate surface area is 110 Å². The van der Waals surface area contributed by atoms with Gasteiger partial charge in [-0.05, 0) is 12.1 Å². The van der Waals surface area contributed by atoms with Crippen LogP contribution in [0.3, 0.4) is 0 Å². The Kier molecular flexibility index (Phi) is 3.81. The molecule has 2 aromatic rings. The topological polar surface area (TPSA) is 116 Å². The summed E-state index contributed by atoms with van der Waals surface area (Å²) < 4.78 is 0.